The number of ether oxygens (including phenoxy) is 4. The van der Waals surface area contributed by atoms with E-state index in [1.54, 1.807) is 6.08 Å². The molecule has 7 heteroatoms. The first-order chi connectivity index (χ1) is 16.0. The highest BCUT2D eigenvalue weighted by atomic mass is 16.6. The Morgan fingerprint density at radius 1 is 1.00 bits per heavy atom. The summed E-state index contributed by atoms with van der Waals surface area (Å²) in [5, 5.41) is 27.1. The molecular weight excluding hydrogens is 424 g/mol. The lowest BCUT2D eigenvalue weighted by atomic mass is 10.1. The molecule has 0 fully saturated rings. The highest BCUT2D eigenvalue weighted by Gasteiger charge is 2.27. The van der Waals surface area contributed by atoms with Gasteiger partial charge in [-0.15, -0.1) is 0 Å². The molecular formula is C26H44O7. The van der Waals surface area contributed by atoms with Crippen molar-refractivity contribution in [3.8, 4) is 5.75 Å². The SMILES string of the molecule is CCCCCOC[C@H]1O[C@H](O)C=C[C@@H]1OCCCCC.Cc1ccccc1OCC(O)CO. The van der Waals surface area contributed by atoms with Crippen molar-refractivity contribution in [1.29, 1.82) is 0 Å². The Bertz CT molecular complexity index is 622. The summed E-state index contributed by atoms with van der Waals surface area (Å²) in [6.45, 7) is 8.08. The summed E-state index contributed by atoms with van der Waals surface area (Å²) in [5.41, 5.74) is 1.02. The van der Waals surface area contributed by atoms with E-state index in [2.05, 4.69) is 13.8 Å². The minimum atomic E-state index is -0.838. The Morgan fingerprint density at radius 3 is 2.36 bits per heavy atom. The fourth-order valence-electron chi connectivity index (χ4n) is 3.11. The van der Waals surface area contributed by atoms with Crippen LogP contribution in [0, 0.1) is 6.92 Å². The number of aliphatic hydroxyl groups excluding tert-OH is 3. The van der Waals surface area contributed by atoms with Gasteiger partial charge in [-0.2, -0.15) is 0 Å². The highest BCUT2D eigenvalue weighted by Crippen LogP contribution is 2.17. The van der Waals surface area contributed by atoms with Crippen LogP contribution in [0.3, 0.4) is 0 Å². The van der Waals surface area contributed by atoms with Gasteiger partial charge in [-0.05, 0) is 37.5 Å². The molecule has 3 N–H and O–H groups in total. The summed E-state index contributed by atoms with van der Waals surface area (Å²) < 4.78 is 22.2. The number of rotatable bonds is 15. The van der Waals surface area contributed by atoms with Gasteiger partial charge in [-0.25, -0.2) is 0 Å². The zero-order valence-corrected chi connectivity index (χ0v) is 20.5. The van der Waals surface area contributed by atoms with Gasteiger partial charge >= 0.3 is 0 Å². The summed E-state index contributed by atoms with van der Waals surface area (Å²) in [6, 6.07) is 7.55. The number of benzene rings is 1. The molecule has 0 radical (unpaired) electrons. The second-order valence-corrected chi connectivity index (χ2v) is 8.19. The number of hydrogen-bond acceptors (Lipinski definition) is 7. The van der Waals surface area contributed by atoms with Gasteiger partial charge in [-0.1, -0.05) is 63.8 Å². The molecule has 1 heterocycles. The first-order valence-corrected chi connectivity index (χ1v) is 12.2. The maximum atomic E-state index is 9.53. The Hall–Kier alpha value is -1.48. The summed E-state index contributed by atoms with van der Waals surface area (Å²) in [4.78, 5) is 0. The molecule has 1 aromatic rings. The van der Waals surface area contributed by atoms with Crippen LogP contribution < -0.4 is 4.74 Å². The molecule has 2 rings (SSSR count). The van der Waals surface area contributed by atoms with Crippen molar-refractivity contribution in [2.45, 2.75) is 83.9 Å². The van der Waals surface area contributed by atoms with Crippen LogP contribution in [-0.4, -0.2) is 73.0 Å². The Balaban J connectivity index is 0.000000361. The van der Waals surface area contributed by atoms with Crippen LogP contribution in [0.25, 0.3) is 0 Å². The average Bonchev–Trinajstić information content (AvgIpc) is 2.82. The van der Waals surface area contributed by atoms with Gasteiger partial charge in [0, 0.05) is 13.2 Å². The smallest absolute Gasteiger partial charge is 0.174 e. The molecule has 0 saturated heterocycles. The minimum absolute atomic E-state index is 0.110. The molecule has 1 aliphatic heterocycles. The summed E-state index contributed by atoms with van der Waals surface area (Å²) >= 11 is 0. The standard InChI is InChI=1S/C16H30O4.C10H14O3/c1-3-5-7-11-18-13-15-14(9-10-16(17)20-15)19-12-8-6-4-2;1-8-4-2-3-5-10(8)13-7-9(12)6-11/h9-10,14-17H,3-8,11-13H2,1-2H3;2-5,9,11-12H,6-7H2,1H3/t14-,15+,16-;/m0./s1. The van der Waals surface area contributed by atoms with Crippen LogP contribution in [0.1, 0.15) is 57.9 Å². The molecule has 0 aliphatic carbocycles. The number of para-hydroxylation sites is 1. The Morgan fingerprint density at radius 2 is 1.70 bits per heavy atom. The van der Waals surface area contributed by atoms with Gasteiger partial charge in [0.05, 0.1) is 13.2 Å². The van der Waals surface area contributed by atoms with Crippen LogP contribution in [-0.2, 0) is 14.2 Å². The summed E-state index contributed by atoms with van der Waals surface area (Å²) in [6.07, 6.45) is 8.43. The number of hydrogen-bond donors (Lipinski definition) is 3. The molecule has 1 aromatic carbocycles. The van der Waals surface area contributed by atoms with Crippen LogP contribution in [0.2, 0.25) is 0 Å². The Labute approximate surface area is 199 Å². The third-order valence-corrected chi connectivity index (χ3v) is 5.11. The van der Waals surface area contributed by atoms with Gasteiger partial charge < -0.3 is 34.3 Å². The quantitative estimate of drug-likeness (QED) is 0.266. The van der Waals surface area contributed by atoms with Crippen LogP contribution in [0.5, 0.6) is 5.75 Å². The van der Waals surface area contributed by atoms with Gasteiger partial charge in [0.15, 0.2) is 6.29 Å². The number of unbranched alkanes of at least 4 members (excludes halogenated alkanes) is 4. The van der Waals surface area contributed by atoms with E-state index in [0.29, 0.717) is 6.61 Å². The lowest BCUT2D eigenvalue weighted by molar-refractivity contribution is -0.171. The number of aliphatic hydroxyl groups is 3. The predicted octanol–water partition coefficient (Wildman–Crippen LogP) is 3.77. The fraction of sp³-hybridized carbons (Fsp3) is 0.692. The molecule has 0 aromatic heterocycles. The topological polar surface area (TPSA) is 97.6 Å². The first kappa shape index (κ1) is 29.6. The maximum Gasteiger partial charge on any atom is 0.174 e. The Kier molecular flexibility index (Phi) is 16.9. The lowest BCUT2D eigenvalue weighted by Gasteiger charge is -2.30. The highest BCUT2D eigenvalue weighted by molar-refractivity contribution is 5.31. The fourth-order valence-corrected chi connectivity index (χ4v) is 3.11. The average molecular weight is 469 g/mol. The van der Waals surface area contributed by atoms with Gasteiger partial charge in [0.1, 0.15) is 30.7 Å². The van der Waals surface area contributed by atoms with E-state index < -0.39 is 12.4 Å². The zero-order chi connectivity index (χ0) is 24.3. The van der Waals surface area contributed by atoms with E-state index >= 15 is 0 Å². The molecule has 0 saturated carbocycles. The molecule has 190 valence electrons. The second-order valence-electron chi connectivity index (χ2n) is 8.19. The van der Waals surface area contributed by atoms with Crippen molar-refractivity contribution in [2.75, 3.05) is 33.0 Å². The molecule has 33 heavy (non-hydrogen) atoms. The minimum Gasteiger partial charge on any atom is -0.491 e. The molecule has 0 spiro atoms. The van der Waals surface area contributed by atoms with Crippen molar-refractivity contribution >= 4 is 0 Å². The maximum absolute atomic E-state index is 9.53. The zero-order valence-electron chi connectivity index (χ0n) is 20.5. The van der Waals surface area contributed by atoms with Crippen molar-refractivity contribution in [1.82, 2.24) is 0 Å². The molecule has 1 aliphatic rings. The molecule has 0 amide bonds. The number of aryl methyl sites for hydroxylation is 1. The molecule has 0 bridgehead atoms. The van der Waals surface area contributed by atoms with Crippen molar-refractivity contribution in [3.63, 3.8) is 0 Å². The van der Waals surface area contributed by atoms with Crippen molar-refractivity contribution in [2.24, 2.45) is 0 Å². The second kappa shape index (κ2) is 18.9. The van der Waals surface area contributed by atoms with Gasteiger partial charge in [-0.3, -0.25) is 0 Å². The third kappa shape index (κ3) is 13.7. The van der Waals surface area contributed by atoms with Crippen molar-refractivity contribution < 1.29 is 34.3 Å². The monoisotopic (exact) mass is 468 g/mol. The molecule has 4 atom stereocenters. The van der Waals surface area contributed by atoms with Gasteiger partial charge in [0.25, 0.3) is 0 Å². The normalized spacial score (nSPS) is 20.7. The third-order valence-electron chi connectivity index (χ3n) is 5.11. The molecule has 1 unspecified atom stereocenters. The van der Waals surface area contributed by atoms with Crippen LogP contribution in [0.4, 0.5) is 0 Å². The van der Waals surface area contributed by atoms with E-state index in [9.17, 15) is 5.11 Å². The van der Waals surface area contributed by atoms with Crippen LogP contribution in [0.15, 0.2) is 36.4 Å². The van der Waals surface area contributed by atoms with Crippen LogP contribution >= 0.6 is 0 Å². The van der Waals surface area contributed by atoms with E-state index in [4.69, 9.17) is 29.2 Å². The largest absolute Gasteiger partial charge is 0.491 e. The summed E-state index contributed by atoms with van der Waals surface area (Å²) in [5.74, 6) is 0.745. The molecule has 7 nitrogen and oxygen atoms in total. The van der Waals surface area contributed by atoms with Crippen molar-refractivity contribution in [3.05, 3.63) is 42.0 Å². The van der Waals surface area contributed by atoms with E-state index in [1.165, 1.54) is 25.7 Å². The first-order valence-electron chi connectivity index (χ1n) is 12.2. The summed E-state index contributed by atoms with van der Waals surface area (Å²) in [7, 11) is 0. The van der Waals surface area contributed by atoms with E-state index in [-0.39, 0.29) is 25.4 Å². The predicted molar refractivity (Wildman–Crippen MR) is 129 cm³/mol. The van der Waals surface area contributed by atoms with E-state index in [0.717, 1.165) is 37.4 Å². The van der Waals surface area contributed by atoms with Gasteiger partial charge in [0.2, 0.25) is 0 Å². The van der Waals surface area contributed by atoms with E-state index in [1.807, 2.05) is 37.3 Å². The lowest BCUT2D eigenvalue weighted by Crippen LogP contribution is -2.40.